The van der Waals surface area contributed by atoms with Crippen LogP contribution in [0.2, 0.25) is 15.1 Å². The Kier molecular flexibility index (Phi) is 11.3. The van der Waals surface area contributed by atoms with Crippen LogP contribution in [0.4, 0.5) is 18.9 Å². The third-order valence-electron chi connectivity index (χ3n) is 7.63. The summed E-state index contributed by atoms with van der Waals surface area (Å²) in [6.07, 6.45) is -0.294. The van der Waals surface area contributed by atoms with Gasteiger partial charge in [-0.15, -0.1) is 0 Å². The molecule has 1 unspecified atom stereocenters. The Morgan fingerprint density at radius 3 is 2.22 bits per heavy atom. The summed E-state index contributed by atoms with van der Waals surface area (Å²) in [5.41, 5.74) is -1.29. The van der Waals surface area contributed by atoms with Crippen LogP contribution in [0.1, 0.15) is 50.2 Å². The van der Waals surface area contributed by atoms with Gasteiger partial charge in [0.1, 0.15) is 12.6 Å². The van der Waals surface area contributed by atoms with Crippen LogP contribution in [0.5, 0.6) is 0 Å². The summed E-state index contributed by atoms with van der Waals surface area (Å²) in [4.78, 5) is 28.4. The van der Waals surface area contributed by atoms with Gasteiger partial charge in [0.2, 0.25) is 11.8 Å². The van der Waals surface area contributed by atoms with Gasteiger partial charge in [-0.2, -0.15) is 13.2 Å². The third kappa shape index (κ3) is 8.64. The summed E-state index contributed by atoms with van der Waals surface area (Å²) in [5.74, 6) is -1.34. The molecule has 0 spiro atoms. The van der Waals surface area contributed by atoms with Gasteiger partial charge in [0, 0.05) is 22.6 Å². The average molecular weight is 705 g/mol. The second kappa shape index (κ2) is 14.6. The molecule has 1 fully saturated rings. The molecule has 3 aromatic carbocycles. The van der Waals surface area contributed by atoms with Gasteiger partial charge in [-0.25, -0.2) is 8.42 Å². The molecule has 0 aromatic heterocycles. The number of halogens is 6. The number of nitrogens with zero attached hydrogens (tertiary/aromatic N) is 2. The molecule has 0 saturated heterocycles. The summed E-state index contributed by atoms with van der Waals surface area (Å²) >= 11 is 18.7. The van der Waals surface area contributed by atoms with Crippen molar-refractivity contribution in [2.24, 2.45) is 0 Å². The fourth-order valence-electron chi connectivity index (χ4n) is 5.10. The molecule has 1 N–H and O–H groups in total. The lowest BCUT2D eigenvalue weighted by Crippen LogP contribution is -2.53. The zero-order chi connectivity index (χ0) is 32.9. The molecule has 7 nitrogen and oxygen atoms in total. The molecule has 1 aliphatic carbocycles. The molecule has 0 aliphatic heterocycles. The number of rotatable bonds is 10. The van der Waals surface area contributed by atoms with Gasteiger partial charge in [-0.3, -0.25) is 13.9 Å². The summed E-state index contributed by atoms with van der Waals surface area (Å²) in [7, 11) is -4.63. The van der Waals surface area contributed by atoms with E-state index in [0.717, 1.165) is 43.1 Å². The van der Waals surface area contributed by atoms with E-state index >= 15 is 0 Å². The lowest BCUT2D eigenvalue weighted by molar-refractivity contribution is -0.139. The number of anilines is 1. The molecule has 3 aromatic rings. The molecule has 1 atom stereocenters. The van der Waals surface area contributed by atoms with Gasteiger partial charge >= 0.3 is 6.18 Å². The highest BCUT2D eigenvalue weighted by molar-refractivity contribution is 7.92. The van der Waals surface area contributed by atoms with Gasteiger partial charge in [-0.1, -0.05) is 78.3 Å². The summed E-state index contributed by atoms with van der Waals surface area (Å²) in [6, 6.07) is 12.5. The van der Waals surface area contributed by atoms with Crippen molar-refractivity contribution in [3.8, 4) is 0 Å². The number of benzene rings is 3. The Labute approximate surface area is 275 Å². The molecular formula is C31H31Cl3F3N3O4S. The quantitative estimate of drug-likeness (QED) is 0.234. The zero-order valence-corrected chi connectivity index (χ0v) is 27.2. The Morgan fingerprint density at radius 2 is 1.60 bits per heavy atom. The molecular weight excluding hydrogens is 674 g/mol. The minimum atomic E-state index is -4.82. The van der Waals surface area contributed by atoms with Crippen molar-refractivity contribution in [1.82, 2.24) is 10.2 Å². The van der Waals surface area contributed by atoms with Crippen LogP contribution in [0.3, 0.4) is 0 Å². The predicted molar refractivity (Wildman–Crippen MR) is 169 cm³/mol. The van der Waals surface area contributed by atoms with E-state index in [9.17, 15) is 31.2 Å². The topological polar surface area (TPSA) is 86.8 Å². The first-order valence-electron chi connectivity index (χ1n) is 14.2. The van der Waals surface area contributed by atoms with Gasteiger partial charge < -0.3 is 10.2 Å². The summed E-state index contributed by atoms with van der Waals surface area (Å²) in [5, 5.41) is 3.19. The molecule has 14 heteroatoms. The van der Waals surface area contributed by atoms with Crippen molar-refractivity contribution in [3.05, 3.63) is 92.9 Å². The number of hydrogen-bond acceptors (Lipinski definition) is 4. The van der Waals surface area contributed by atoms with Gasteiger partial charge in [0.15, 0.2) is 0 Å². The highest BCUT2D eigenvalue weighted by Gasteiger charge is 2.37. The highest BCUT2D eigenvalue weighted by atomic mass is 35.5. The molecule has 4 rings (SSSR count). The number of sulfonamides is 1. The van der Waals surface area contributed by atoms with Gasteiger partial charge in [0.05, 0.1) is 21.2 Å². The van der Waals surface area contributed by atoms with Gasteiger partial charge in [-0.05, 0) is 67.8 Å². The maximum absolute atomic E-state index is 14.1. The fourth-order valence-corrected chi connectivity index (χ4v) is 7.28. The van der Waals surface area contributed by atoms with E-state index in [1.807, 2.05) is 0 Å². The van der Waals surface area contributed by atoms with Crippen LogP contribution in [0.25, 0.3) is 0 Å². The maximum Gasteiger partial charge on any atom is 0.416 e. The maximum atomic E-state index is 14.1. The average Bonchev–Trinajstić information content (AvgIpc) is 2.99. The number of amides is 2. The second-order valence-corrected chi connectivity index (χ2v) is 13.9. The third-order valence-corrected chi connectivity index (χ3v) is 10.3. The van der Waals surface area contributed by atoms with Crippen molar-refractivity contribution >= 4 is 62.3 Å². The van der Waals surface area contributed by atoms with E-state index in [1.165, 1.54) is 37.3 Å². The SMILES string of the molecule is CC(C(=O)NC1CCCCC1)N(Cc1ccc(Cl)cc1Cl)C(=O)CN(c1cc(C(F)(F)F)ccc1Cl)S(=O)(=O)c1ccccc1. The van der Waals surface area contributed by atoms with Crippen molar-refractivity contribution in [1.29, 1.82) is 0 Å². The summed E-state index contributed by atoms with van der Waals surface area (Å²) in [6.45, 7) is 0.307. The van der Waals surface area contributed by atoms with E-state index in [-0.39, 0.29) is 27.5 Å². The lowest BCUT2D eigenvalue weighted by atomic mass is 9.95. The lowest BCUT2D eigenvalue weighted by Gasteiger charge is -2.33. The molecule has 1 aliphatic rings. The van der Waals surface area contributed by atoms with Crippen molar-refractivity contribution in [2.45, 2.75) is 68.7 Å². The number of nitrogens with one attached hydrogen (secondary N) is 1. The molecule has 1 saturated carbocycles. The number of carbonyl (C=O) groups excluding carboxylic acids is 2. The van der Waals surface area contributed by atoms with Crippen LogP contribution < -0.4 is 9.62 Å². The monoisotopic (exact) mass is 703 g/mol. The minimum Gasteiger partial charge on any atom is -0.352 e. The van der Waals surface area contributed by atoms with E-state index in [4.69, 9.17) is 34.8 Å². The molecule has 242 valence electrons. The summed E-state index contributed by atoms with van der Waals surface area (Å²) < 4.78 is 69.5. The first-order chi connectivity index (χ1) is 21.2. The molecule has 2 amide bonds. The Morgan fingerprint density at radius 1 is 0.933 bits per heavy atom. The van der Waals surface area contributed by atoms with Crippen LogP contribution in [0.15, 0.2) is 71.6 Å². The smallest absolute Gasteiger partial charge is 0.352 e. The van der Waals surface area contributed by atoms with Crippen LogP contribution in [-0.4, -0.2) is 43.8 Å². The fraction of sp³-hybridized carbons (Fsp3) is 0.355. The predicted octanol–water partition coefficient (Wildman–Crippen LogP) is 7.73. The minimum absolute atomic E-state index is 0.0800. The number of hydrogen-bond donors (Lipinski definition) is 1. The first kappa shape index (κ1) is 34.9. The molecule has 0 heterocycles. The molecule has 45 heavy (non-hydrogen) atoms. The number of alkyl halides is 3. The van der Waals surface area contributed by atoms with E-state index in [2.05, 4.69) is 5.32 Å². The molecule has 0 radical (unpaired) electrons. The van der Waals surface area contributed by atoms with E-state index < -0.39 is 51.9 Å². The first-order valence-corrected chi connectivity index (χ1v) is 16.7. The Balaban J connectivity index is 1.76. The van der Waals surface area contributed by atoms with Crippen molar-refractivity contribution < 1.29 is 31.2 Å². The molecule has 0 bridgehead atoms. The van der Waals surface area contributed by atoms with Crippen molar-refractivity contribution in [3.63, 3.8) is 0 Å². The van der Waals surface area contributed by atoms with Gasteiger partial charge in [0.25, 0.3) is 10.0 Å². The Bertz CT molecular complexity index is 1640. The van der Waals surface area contributed by atoms with Crippen LogP contribution in [0, 0.1) is 0 Å². The highest BCUT2D eigenvalue weighted by Crippen LogP contribution is 2.37. The Hall–Kier alpha value is -2.99. The van der Waals surface area contributed by atoms with E-state index in [1.54, 1.807) is 18.2 Å². The van der Waals surface area contributed by atoms with Crippen LogP contribution >= 0.6 is 34.8 Å². The standard InChI is InChI=1S/C31H31Cl3F3N3O4S/c1-20(30(42)38-24-8-4-2-5-9-24)39(18-21-12-14-23(32)17-27(21)34)29(41)19-40(45(43,44)25-10-6-3-7-11-25)28-16-22(31(35,36)37)13-15-26(28)33/h3,6-7,10-17,20,24H,2,4-5,8-9,18-19H2,1H3,(H,38,42). The largest absolute Gasteiger partial charge is 0.416 e. The number of carbonyl (C=O) groups is 2. The normalized spacial score (nSPS) is 14.9. The van der Waals surface area contributed by atoms with E-state index in [0.29, 0.717) is 27.0 Å². The van der Waals surface area contributed by atoms with Crippen molar-refractivity contribution in [2.75, 3.05) is 10.8 Å². The zero-order valence-electron chi connectivity index (χ0n) is 24.2. The second-order valence-electron chi connectivity index (χ2n) is 10.8. The van der Waals surface area contributed by atoms with Crippen LogP contribution in [-0.2, 0) is 32.3 Å².